The second-order valence-corrected chi connectivity index (χ2v) is 3.94. The number of amides is 2. The number of hydrogen-bond acceptors (Lipinski definition) is 3. The summed E-state index contributed by atoms with van der Waals surface area (Å²) in [6.07, 6.45) is -0.744. The van der Waals surface area contributed by atoms with E-state index in [4.69, 9.17) is 11.5 Å². The number of anilines is 2. The van der Waals surface area contributed by atoms with Crippen LogP contribution in [0.4, 0.5) is 29.3 Å². The normalized spacial score (nSPS) is 15.7. The predicted molar refractivity (Wildman–Crippen MR) is 64.8 cm³/mol. The molecule has 21 heavy (non-hydrogen) atoms. The number of fused-ring (bicyclic) bond motifs is 1. The van der Waals surface area contributed by atoms with Crippen LogP contribution >= 0.6 is 0 Å². The summed E-state index contributed by atoms with van der Waals surface area (Å²) >= 11 is 0. The molecule has 2 amide bonds. The van der Waals surface area contributed by atoms with Gasteiger partial charge in [-0.15, -0.1) is 6.42 Å². The molecule has 0 radical (unpaired) electrons. The highest BCUT2D eigenvalue weighted by molar-refractivity contribution is 6.02. The molecule has 110 valence electrons. The van der Waals surface area contributed by atoms with Crippen LogP contribution < -0.4 is 15.0 Å². The molecule has 6 nitrogen and oxygen atoms in total. The monoisotopic (exact) mass is 300 g/mol. The number of nitrogens with one attached hydrogen (secondary N) is 1. The molecular formula is C12H7F3N2O4. The Kier molecular flexibility index (Phi) is 3.39. The van der Waals surface area contributed by atoms with E-state index in [1.165, 1.54) is 0 Å². The molecule has 0 unspecified atom stereocenters. The predicted octanol–water partition coefficient (Wildman–Crippen LogP) is 1.87. The fraction of sp³-hybridized carbons (Fsp3) is 0.167. The molecule has 9 heteroatoms. The first-order chi connectivity index (χ1) is 9.76. The molecular weight excluding hydrogens is 293 g/mol. The molecule has 0 spiro atoms. The van der Waals surface area contributed by atoms with Gasteiger partial charge in [0.1, 0.15) is 0 Å². The summed E-state index contributed by atoms with van der Waals surface area (Å²) in [5.74, 6) is -1.47. The van der Waals surface area contributed by atoms with Crippen LogP contribution in [-0.2, 0) is 4.79 Å². The van der Waals surface area contributed by atoms with E-state index in [1.807, 2.05) is 5.92 Å². The minimum absolute atomic E-state index is 0.256. The highest BCUT2D eigenvalue weighted by Crippen LogP contribution is 2.41. The highest BCUT2D eigenvalue weighted by atomic mass is 19.3. The molecule has 1 aromatic rings. The van der Waals surface area contributed by atoms with Crippen LogP contribution in [0.15, 0.2) is 12.1 Å². The van der Waals surface area contributed by atoms with Crippen molar-refractivity contribution in [3.05, 3.63) is 17.9 Å². The minimum Gasteiger partial charge on any atom is -0.465 e. The number of alkyl halides is 2. The van der Waals surface area contributed by atoms with Gasteiger partial charge in [-0.25, -0.2) is 9.18 Å². The molecule has 0 atom stereocenters. The zero-order valence-corrected chi connectivity index (χ0v) is 10.2. The van der Waals surface area contributed by atoms with Crippen molar-refractivity contribution in [1.29, 1.82) is 0 Å². The largest absolute Gasteiger partial charge is 0.483 e. The molecule has 0 bridgehead atoms. The van der Waals surface area contributed by atoms with Gasteiger partial charge in [0.15, 0.2) is 11.6 Å². The molecule has 0 aromatic heterocycles. The number of benzene rings is 1. The number of ether oxygens (including phenoxy) is 1. The first kappa shape index (κ1) is 14.5. The van der Waals surface area contributed by atoms with Gasteiger partial charge in [0.2, 0.25) is 0 Å². The van der Waals surface area contributed by atoms with E-state index in [0.717, 1.165) is 6.07 Å². The van der Waals surface area contributed by atoms with Crippen LogP contribution in [0, 0.1) is 18.2 Å². The van der Waals surface area contributed by atoms with Crippen molar-refractivity contribution in [1.82, 2.24) is 0 Å². The third-order valence-electron chi connectivity index (χ3n) is 2.56. The fourth-order valence-electron chi connectivity index (χ4n) is 1.74. The molecule has 0 aliphatic carbocycles. The lowest BCUT2D eigenvalue weighted by Gasteiger charge is -2.32. The van der Waals surface area contributed by atoms with Gasteiger partial charge in [0.05, 0.1) is 17.9 Å². The first-order valence-corrected chi connectivity index (χ1v) is 5.42. The molecule has 0 saturated carbocycles. The Labute approximate surface area is 116 Å². The molecule has 2 N–H and O–H groups in total. The van der Waals surface area contributed by atoms with E-state index >= 15 is 0 Å². The van der Waals surface area contributed by atoms with Crippen LogP contribution in [-0.4, -0.2) is 29.8 Å². The van der Waals surface area contributed by atoms with Crippen molar-refractivity contribution in [2.75, 3.05) is 16.8 Å². The van der Waals surface area contributed by atoms with Crippen molar-refractivity contribution in [3.8, 4) is 18.1 Å². The molecule has 1 heterocycles. The number of carbonyl (C=O) groups is 2. The average molecular weight is 300 g/mol. The number of nitrogens with zero attached hydrogens (tertiary/aromatic N) is 1. The molecule has 0 fully saturated rings. The Hall–Kier alpha value is -2.89. The second-order valence-electron chi connectivity index (χ2n) is 3.94. The standard InChI is InChI=1S/C12H7F3N2O4/c1-2-3-17-8-5-7(16-11(19)20)6(13)4-9(8)21-12(14,15)10(17)18/h1,4-5,16H,3H2,(H,19,20). The Morgan fingerprint density at radius 3 is 2.76 bits per heavy atom. The van der Waals surface area contributed by atoms with Gasteiger partial charge < -0.3 is 9.84 Å². The minimum atomic E-state index is -4.18. The van der Waals surface area contributed by atoms with Crippen LogP contribution in [0.25, 0.3) is 0 Å². The maximum Gasteiger partial charge on any atom is 0.483 e. The smallest absolute Gasteiger partial charge is 0.465 e. The van der Waals surface area contributed by atoms with Gasteiger partial charge in [0, 0.05) is 6.07 Å². The van der Waals surface area contributed by atoms with Crippen molar-refractivity contribution in [2.24, 2.45) is 0 Å². The van der Waals surface area contributed by atoms with Crippen LogP contribution in [0.5, 0.6) is 5.75 Å². The Morgan fingerprint density at radius 1 is 1.52 bits per heavy atom. The van der Waals surface area contributed by atoms with Gasteiger partial charge in [-0.3, -0.25) is 15.0 Å². The van der Waals surface area contributed by atoms with E-state index in [0.29, 0.717) is 11.0 Å². The summed E-state index contributed by atoms with van der Waals surface area (Å²) < 4.78 is 44.5. The topological polar surface area (TPSA) is 78.9 Å². The summed E-state index contributed by atoms with van der Waals surface area (Å²) in [5.41, 5.74) is -0.779. The lowest BCUT2D eigenvalue weighted by Crippen LogP contribution is -2.51. The molecule has 1 aromatic carbocycles. The number of carboxylic acid groups (broad SMARTS) is 1. The molecule has 1 aliphatic rings. The van der Waals surface area contributed by atoms with E-state index in [1.54, 1.807) is 5.32 Å². The number of carbonyl (C=O) groups excluding carboxylic acids is 1. The van der Waals surface area contributed by atoms with Gasteiger partial charge in [0.25, 0.3) is 0 Å². The summed E-state index contributed by atoms with van der Waals surface area (Å²) in [7, 11) is 0. The van der Waals surface area contributed by atoms with Crippen LogP contribution in [0.3, 0.4) is 0 Å². The summed E-state index contributed by atoms with van der Waals surface area (Å²) in [6, 6.07) is 1.40. The highest BCUT2D eigenvalue weighted by Gasteiger charge is 2.50. The van der Waals surface area contributed by atoms with Gasteiger partial charge in [-0.05, 0) is 6.07 Å². The lowest BCUT2D eigenvalue weighted by molar-refractivity contribution is -0.192. The molecule has 2 rings (SSSR count). The van der Waals surface area contributed by atoms with Crippen LogP contribution in [0.2, 0.25) is 0 Å². The SMILES string of the molecule is C#CCN1C(=O)C(F)(F)Oc2cc(F)c(NC(=O)O)cc21. The van der Waals surface area contributed by atoms with Crippen LogP contribution in [0.1, 0.15) is 0 Å². The van der Waals surface area contributed by atoms with Crippen molar-refractivity contribution in [3.63, 3.8) is 0 Å². The fourth-order valence-corrected chi connectivity index (χ4v) is 1.74. The van der Waals surface area contributed by atoms with Gasteiger partial charge in [-0.2, -0.15) is 8.78 Å². The average Bonchev–Trinajstić information content (AvgIpc) is 2.36. The Bertz CT molecular complexity index is 669. The first-order valence-electron chi connectivity index (χ1n) is 5.42. The maximum atomic E-state index is 13.6. The van der Waals surface area contributed by atoms with Crippen molar-refractivity contribution in [2.45, 2.75) is 6.11 Å². The molecule has 1 aliphatic heterocycles. The summed E-state index contributed by atoms with van der Waals surface area (Å²) in [6.45, 7) is -0.511. The quantitative estimate of drug-likeness (QED) is 0.817. The maximum absolute atomic E-state index is 13.6. The number of hydrogen-bond donors (Lipinski definition) is 2. The van der Waals surface area contributed by atoms with Gasteiger partial charge in [-0.1, -0.05) is 5.92 Å². The van der Waals surface area contributed by atoms with E-state index in [9.17, 15) is 22.8 Å². The Balaban J connectivity index is 2.57. The number of halogens is 3. The number of terminal acetylenes is 1. The second kappa shape index (κ2) is 4.90. The van der Waals surface area contributed by atoms with E-state index in [2.05, 4.69) is 4.74 Å². The van der Waals surface area contributed by atoms with Gasteiger partial charge >= 0.3 is 18.1 Å². The molecule has 0 saturated heterocycles. The van der Waals surface area contributed by atoms with E-state index < -0.39 is 41.9 Å². The zero-order chi connectivity index (χ0) is 15.8. The summed E-state index contributed by atoms with van der Waals surface area (Å²) in [4.78, 5) is 22.6. The third kappa shape index (κ3) is 2.55. The zero-order valence-electron chi connectivity index (χ0n) is 10.2. The lowest BCUT2D eigenvalue weighted by atomic mass is 10.2. The third-order valence-corrected chi connectivity index (χ3v) is 2.56. The summed E-state index contributed by atoms with van der Waals surface area (Å²) in [5, 5.41) is 10.3. The number of rotatable bonds is 2. The Morgan fingerprint density at radius 2 is 2.19 bits per heavy atom. The van der Waals surface area contributed by atoms with E-state index in [-0.39, 0.29) is 5.69 Å². The van der Waals surface area contributed by atoms with Crippen molar-refractivity contribution < 1.29 is 32.6 Å². The van der Waals surface area contributed by atoms with Crippen molar-refractivity contribution >= 4 is 23.4 Å².